The lowest BCUT2D eigenvalue weighted by atomic mass is 10.2. The van der Waals surface area contributed by atoms with Crippen molar-refractivity contribution in [3.8, 4) is 0 Å². The average molecular weight is 151 g/mol. The first-order valence-electron chi connectivity index (χ1n) is 3.70. The Hall–Kier alpha value is -1.12. The molecule has 0 aliphatic heterocycles. The molecule has 0 N–H and O–H groups in total. The molecule has 1 aromatic heterocycles. The summed E-state index contributed by atoms with van der Waals surface area (Å²) in [6, 6.07) is 0. The molecule has 0 spiro atoms. The molecule has 0 unspecified atom stereocenters. The van der Waals surface area contributed by atoms with Gasteiger partial charge in [-0.05, 0) is 6.92 Å². The van der Waals surface area contributed by atoms with Crippen LogP contribution in [0.5, 0.6) is 0 Å². The maximum absolute atomic E-state index is 4.26. The first-order valence-corrected chi connectivity index (χ1v) is 3.70. The predicted octanol–water partition coefficient (Wildman–Crippen LogP) is 1.81. The van der Waals surface area contributed by atoms with Crippen molar-refractivity contribution >= 4 is 6.20 Å². The molecular weight excluding hydrogens is 138 g/mol. The van der Waals surface area contributed by atoms with Crippen molar-refractivity contribution in [2.45, 2.75) is 26.7 Å². The van der Waals surface area contributed by atoms with Crippen LogP contribution in [0, 0.1) is 6.92 Å². The van der Waals surface area contributed by atoms with E-state index in [0.29, 0.717) is 5.92 Å². The molecule has 0 aliphatic rings. The van der Waals surface area contributed by atoms with E-state index in [1.807, 2.05) is 6.92 Å². The summed E-state index contributed by atoms with van der Waals surface area (Å²) in [4.78, 5) is 4.26. The summed E-state index contributed by atoms with van der Waals surface area (Å²) in [5, 5.41) is 4.14. The summed E-state index contributed by atoms with van der Waals surface area (Å²) in [5.74, 6) is 2.17. The van der Waals surface area contributed by atoms with Gasteiger partial charge < -0.3 is 0 Å². The van der Waals surface area contributed by atoms with Crippen molar-refractivity contribution in [1.29, 1.82) is 0 Å². The zero-order chi connectivity index (χ0) is 8.43. The Kier molecular flexibility index (Phi) is 2.08. The van der Waals surface area contributed by atoms with Gasteiger partial charge in [-0.2, -0.15) is 5.10 Å². The number of rotatable bonds is 2. The van der Waals surface area contributed by atoms with Gasteiger partial charge in [0.25, 0.3) is 0 Å². The molecule has 3 nitrogen and oxygen atoms in total. The van der Waals surface area contributed by atoms with Crippen LogP contribution in [0.2, 0.25) is 0 Å². The number of hydrogen-bond donors (Lipinski definition) is 0. The molecule has 1 heterocycles. The molecule has 1 aromatic rings. The molecule has 0 radical (unpaired) electrons. The second-order valence-electron chi connectivity index (χ2n) is 2.80. The van der Waals surface area contributed by atoms with Crippen LogP contribution in [0.15, 0.2) is 6.58 Å². The first kappa shape index (κ1) is 7.98. The minimum absolute atomic E-state index is 0.397. The zero-order valence-corrected chi connectivity index (χ0v) is 7.20. The molecule has 0 bridgehead atoms. The van der Waals surface area contributed by atoms with Gasteiger partial charge in [-0.1, -0.05) is 20.4 Å². The van der Waals surface area contributed by atoms with E-state index in [4.69, 9.17) is 0 Å². The topological polar surface area (TPSA) is 30.7 Å². The van der Waals surface area contributed by atoms with Crippen molar-refractivity contribution < 1.29 is 0 Å². The smallest absolute Gasteiger partial charge is 0.148 e. The third kappa shape index (κ3) is 1.48. The molecule has 3 heteroatoms. The zero-order valence-electron chi connectivity index (χ0n) is 7.20. The second-order valence-corrected chi connectivity index (χ2v) is 2.80. The summed E-state index contributed by atoms with van der Waals surface area (Å²) in [5.41, 5.74) is 0. The van der Waals surface area contributed by atoms with Gasteiger partial charge in [-0.3, -0.25) is 0 Å². The largest absolute Gasteiger partial charge is 0.225 e. The summed E-state index contributed by atoms with van der Waals surface area (Å²) in [7, 11) is 0. The molecule has 0 aromatic carbocycles. The van der Waals surface area contributed by atoms with E-state index in [1.165, 1.54) is 0 Å². The van der Waals surface area contributed by atoms with Crippen molar-refractivity contribution in [3.05, 3.63) is 18.2 Å². The quantitative estimate of drug-likeness (QED) is 0.645. The van der Waals surface area contributed by atoms with E-state index in [-0.39, 0.29) is 0 Å². The SMILES string of the molecule is C=Cn1nc(C)nc1C(C)C. The highest BCUT2D eigenvalue weighted by Crippen LogP contribution is 2.11. The highest BCUT2D eigenvalue weighted by atomic mass is 15.3. The molecule has 0 atom stereocenters. The third-order valence-electron chi connectivity index (χ3n) is 1.45. The maximum atomic E-state index is 4.26. The second kappa shape index (κ2) is 2.86. The highest BCUT2D eigenvalue weighted by molar-refractivity contribution is 5.18. The van der Waals surface area contributed by atoms with Crippen LogP contribution in [0.25, 0.3) is 6.20 Å². The Morgan fingerprint density at radius 2 is 2.18 bits per heavy atom. The molecule has 0 amide bonds. The van der Waals surface area contributed by atoms with E-state index in [9.17, 15) is 0 Å². The van der Waals surface area contributed by atoms with Gasteiger partial charge in [0.1, 0.15) is 11.6 Å². The molecule has 0 aliphatic carbocycles. The first-order chi connectivity index (χ1) is 5.15. The van der Waals surface area contributed by atoms with Crippen LogP contribution in [-0.2, 0) is 0 Å². The highest BCUT2D eigenvalue weighted by Gasteiger charge is 2.07. The van der Waals surface area contributed by atoms with Gasteiger partial charge in [0.2, 0.25) is 0 Å². The van der Waals surface area contributed by atoms with E-state index in [1.54, 1.807) is 10.9 Å². The lowest BCUT2D eigenvalue weighted by molar-refractivity contribution is 0.734. The fourth-order valence-corrected chi connectivity index (χ4v) is 0.975. The Morgan fingerprint density at radius 3 is 2.55 bits per heavy atom. The standard InChI is InChI=1S/C8H13N3/c1-5-11-8(6(2)3)9-7(4)10-11/h5-6H,1H2,2-4H3. The van der Waals surface area contributed by atoms with Gasteiger partial charge >= 0.3 is 0 Å². The van der Waals surface area contributed by atoms with E-state index >= 15 is 0 Å². The Balaban J connectivity index is 3.11. The number of aryl methyl sites for hydroxylation is 1. The molecule has 0 saturated carbocycles. The van der Waals surface area contributed by atoms with E-state index in [2.05, 4.69) is 30.5 Å². The number of hydrogen-bond acceptors (Lipinski definition) is 2. The van der Waals surface area contributed by atoms with Crippen molar-refractivity contribution in [1.82, 2.24) is 14.8 Å². The van der Waals surface area contributed by atoms with Gasteiger partial charge in [0.15, 0.2) is 0 Å². The van der Waals surface area contributed by atoms with Crippen molar-refractivity contribution in [2.75, 3.05) is 0 Å². The van der Waals surface area contributed by atoms with Crippen LogP contribution >= 0.6 is 0 Å². The Morgan fingerprint density at radius 1 is 1.55 bits per heavy atom. The Bertz CT molecular complexity index is 260. The van der Waals surface area contributed by atoms with E-state index in [0.717, 1.165) is 11.6 Å². The van der Waals surface area contributed by atoms with Crippen LogP contribution in [0.1, 0.15) is 31.4 Å². The molecule has 0 fully saturated rings. The molecular formula is C8H13N3. The van der Waals surface area contributed by atoms with E-state index < -0.39 is 0 Å². The third-order valence-corrected chi connectivity index (χ3v) is 1.45. The van der Waals surface area contributed by atoms with Gasteiger partial charge in [-0.15, -0.1) is 0 Å². The minimum Gasteiger partial charge on any atom is -0.225 e. The van der Waals surface area contributed by atoms with Gasteiger partial charge in [-0.25, -0.2) is 9.67 Å². The number of aromatic nitrogens is 3. The fraction of sp³-hybridized carbons (Fsp3) is 0.500. The van der Waals surface area contributed by atoms with Crippen LogP contribution in [-0.4, -0.2) is 14.8 Å². The molecule has 60 valence electrons. The summed E-state index contributed by atoms with van der Waals surface area (Å²) >= 11 is 0. The Labute approximate surface area is 66.8 Å². The average Bonchev–Trinajstić information content (AvgIpc) is 2.30. The van der Waals surface area contributed by atoms with Crippen molar-refractivity contribution in [2.24, 2.45) is 0 Å². The van der Waals surface area contributed by atoms with Gasteiger partial charge in [0, 0.05) is 12.1 Å². The lowest BCUT2D eigenvalue weighted by Crippen LogP contribution is -1.99. The summed E-state index contributed by atoms with van der Waals surface area (Å²) in [6.45, 7) is 9.70. The maximum Gasteiger partial charge on any atom is 0.148 e. The molecule has 1 rings (SSSR count). The van der Waals surface area contributed by atoms with Crippen LogP contribution in [0.4, 0.5) is 0 Å². The monoisotopic (exact) mass is 151 g/mol. The summed E-state index contributed by atoms with van der Waals surface area (Å²) < 4.78 is 1.72. The van der Waals surface area contributed by atoms with Gasteiger partial charge in [0.05, 0.1) is 0 Å². The fourth-order valence-electron chi connectivity index (χ4n) is 0.975. The molecule has 11 heavy (non-hydrogen) atoms. The van der Waals surface area contributed by atoms with Crippen molar-refractivity contribution in [3.63, 3.8) is 0 Å². The molecule has 0 saturated heterocycles. The van der Waals surface area contributed by atoms with Crippen LogP contribution in [0.3, 0.4) is 0 Å². The normalized spacial score (nSPS) is 10.5. The lowest BCUT2D eigenvalue weighted by Gasteiger charge is -2.01. The summed E-state index contributed by atoms with van der Waals surface area (Å²) in [6.07, 6.45) is 1.68. The minimum atomic E-state index is 0.397. The number of nitrogens with zero attached hydrogens (tertiary/aromatic N) is 3. The predicted molar refractivity (Wildman–Crippen MR) is 45.2 cm³/mol. The van der Waals surface area contributed by atoms with Crippen LogP contribution < -0.4 is 0 Å².